The first kappa shape index (κ1) is 21.3. The molecule has 5 nitrogen and oxygen atoms in total. The molecule has 0 bridgehead atoms. The standard InChI is InChI=1S/C22H19F3N2O3S/c23-18-7-8-19(22(25)21(18)24)31(29,30)27-11-9-26(10-12-27)20(28)14-15-5-6-16-3-1-2-4-17(16)13-15/h1-8,13H,9-12,14H2. The second kappa shape index (κ2) is 8.32. The molecule has 162 valence electrons. The largest absolute Gasteiger partial charge is 0.340 e. The van der Waals surface area contributed by atoms with Crippen molar-refractivity contribution in [3.05, 3.63) is 77.6 Å². The maximum atomic E-state index is 14.0. The molecule has 0 atom stereocenters. The molecule has 9 heteroatoms. The van der Waals surface area contributed by atoms with Crippen LogP contribution < -0.4 is 0 Å². The van der Waals surface area contributed by atoms with Crippen LogP contribution >= 0.6 is 0 Å². The molecule has 0 aromatic heterocycles. The first-order valence-electron chi connectivity index (χ1n) is 9.66. The van der Waals surface area contributed by atoms with Gasteiger partial charge in [-0.25, -0.2) is 21.6 Å². The minimum atomic E-state index is -4.35. The molecule has 0 saturated carbocycles. The molecule has 1 aliphatic heterocycles. The Morgan fingerprint density at radius 2 is 1.52 bits per heavy atom. The number of nitrogens with zero attached hydrogens (tertiary/aromatic N) is 2. The number of hydrogen-bond donors (Lipinski definition) is 0. The fourth-order valence-electron chi connectivity index (χ4n) is 3.66. The summed E-state index contributed by atoms with van der Waals surface area (Å²) in [5.74, 6) is -5.17. The van der Waals surface area contributed by atoms with E-state index in [-0.39, 0.29) is 38.5 Å². The fourth-order valence-corrected chi connectivity index (χ4v) is 5.14. The van der Waals surface area contributed by atoms with Crippen LogP contribution in [0.3, 0.4) is 0 Å². The third-order valence-electron chi connectivity index (χ3n) is 5.38. The Morgan fingerprint density at radius 3 is 2.23 bits per heavy atom. The van der Waals surface area contributed by atoms with Gasteiger partial charge in [0.05, 0.1) is 6.42 Å². The first-order valence-corrected chi connectivity index (χ1v) is 11.1. The molecule has 4 rings (SSSR count). The summed E-state index contributed by atoms with van der Waals surface area (Å²) in [6.07, 6.45) is 0.176. The molecule has 3 aromatic carbocycles. The summed E-state index contributed by atoms with van der Waals surface area (Å²) in [6, 6.07) is 14.9. The predicted octanol–water partition coefficient (Wildman–Crippen LogP) is 3.33. The number of sulfonamides is 1. The van der Waals surface area contributed by atoms with Crippen molar-refractivity contribution in [3.63, 3.8) is 0 Å². The van der Waals surface area contributed by atoms with Gasteiger partial charge in [0.2, 0.25) is 15.9 Å². The summed E-state index contributed by atoms with van der Waals surface area (Å²) in [4.78, 5) is 13.3. The highest BCUT2D eigenvalue weighted by Crippen LogP contribution is 2.24. The van der Waals surface area contributed by atoms with Crippen LogP contribution in [0, 0.1) is 17.5 Å². The van der Waals surface area contributed by atoms with E-state index in [9.17, 15) is 26.4 Å². The van der Waals surface area contributed by atoms with E-state index in [2.05, 4.69) is 0 Å². The van der Waals surface area contributed by atoms with Gasteiger partial charge in [-0.3, -0.25) is 4.79 Å². The zero-order valence-corrected chi connectivity index (χ0v) is 17.2. The normalized spacial score (nSPS) is 15.4. The van der Waals surface area contributed by atoms with Crippen molar-refractivity contribution in [1.29, 1.82) is 0 Å². The fraction of sp³-hybridized carbons (Fsp3) is 0.227. The average molecular weight is 448 g/mol. The van der Waals surface area contributed by atoms with Crippen LogP contribution in [-0.2, 0) is 21.2 Å². The molecule has 0 unspecified atom stereocenters. The molecule has 0 aliphatic carbocycles. The Kier molecular flexibility index (Phi) is 5.72. The van der Waals surface area contributed by atoms with Crippen LogP contribution in [0.5, 0.6) is 0 Å². The molecular weight excluding hydrogens is 429 g/mol. The second-order valence-corrected chi connectivity index (χ2v) is 9.22. The Morgan fingerprint density at radius 1 is 0.839 bits per heavy atom. The Balaban J connectivity index is 1.43. The number of rotatable bonds is 4. The Labute approximate surface area is 177 Å². The van der Waals surface area contributed by atoms with E-state index >= 15 is 0 Å². The molecule has 1 fully saturated rings. The lowest BCUT2D eigenvalue weighted by atomic mass is 10.0. The van der Waals surface area contributed by atoms with Crippen molar-refractivity contribution in [1.82, 2.24) is 9.21 Å². The number of halogens is 3. The minimum Gasteiger partial charge on any atom is -0.340 e. The number of benzene rings is 3. The van der Waals surface area contributed by atoms with Gasteiger partial charge in [-0.2, -0.15) is 4.31 Å². The summed E-state index contributed by atoms with van der Waals surface area (Å²) in [6.45, 7) is 0.113. The van der Waals surface area contributed by atoms with Crippen molar-refractivity contribution in [2.24, 2.45) is 0 Å². The van der Waals surface area contributed by atoms with Gasteiger partial charge < -0.3 is 4.90 Å². The minimum absolute atomic E-state index is 0.0652. The van der Waals surface area contributed by atoms with Gasteiger partial charge in [0.25, 0.3) is 0 Å². The average Bonchev–Trinajstić information content (AvgIpc) is 2.77. The van der Waals surface area contributed by atoms with Crippen LogP contribution in [-0.4, -0.2) is 49.7 Å². The van der Waals surface area contributed by atoms with Gasteiger partial charge >= 0.3 is 0 Å². The van der Waals surface area contributed by atoms with Crippen LogP contribution in [0.4, 0.5) is 13.2 Å². The summed E-state index contributed by atoms with van der Waals surface area (Å²) < 4.78 is 66.9. The van der Waals surface area contributed by atoms with Crippen molar-refractivity contribution in [3.8, 4) is 0 Å². The lowest BCUT2D eigenvalue weighted by Crippen LogP contribution is -2.51. The van der Waals surface area contributed by atoms with Crippen LogP contribution in [0.15, 0.2) is 59.5 Å². The number of hydrogen-bond acceptors (Lipinski definition) is 3. The molecule has 3 aromatic rings. The summed E-state index contributed by atoms with van der Waals surface area (Å²) in [7, 11) is -4.35. The number of fused-ring (bicyclic) bond motifs is 1. The summed E-state index contributed by atoms with van der Waals surface area (Å²) >= 11 is 0. The van der Waals surface area contributed by atoms with Crippen molar-refractivity contribution in [2.75, 3.05) is 26.2 Å². The van der Waals surface area contributed by atoms with Crippen molar-refractivity contribution in [2.45, 2.75) is 11.3 Å². The lowest BCUT2D eigenvalue weighted by molar-refractivity contribution is -0.131. The van der Waals surface area contributed by atoms with E-state index < -0.39 is 32.4 Å². The molecular formula is C22H19F3N2O3S. The maximum absolute atomic E-state index is 14.0. The number of carbonyl (C=O) groups excluding carboxylic acids is 1. The lowest BCUT2D eigenvalue weighted by Gasteiger charge is -2.34. The van der Waals surface area contributed by atoms with Gasteiger partial charge in [-0.05, 0) is 28.5 Å². The number of amides is 1. The van der Waals surface area contributed by atoms with E-state index in [1.165, 1.54) is 0 Å². The van der Waals surface area contributed by atoms with E-state index in [1.54, 1.807) is 4.90 Å². The van der Waals surface area contributed by atoms with Gasteiger partial charge in [0.15, 0.2) is 17.5 Å². The quantitative estimate of drug-likeness (QED) is 0.576. The second-order valence-electron chi connectivity index (χ2n) is 7.32. The Hall–Kier alpha value is -2.91. The highest BCUT2D eigenvalue weighted by molar-refractivity contribution is 7.89. The molecule has 1 aliphatic rings. The molecule has 31 heavy (non-hydrogen) atoms. The summed E-state index contributed by atoms with van der Waals surface area (Å²) in [5.41, 5.74) is 0.850. The zero-order chi connectivity index (χ0) is 22.2. The first-order chi connectivity index (χ1) is 14.8. The number of piperazine rings is 1. The van der Waals surface area contributed by atoms with Crippen molar-refractivity contribution < 1.29 is 26.4 Å². The van der Waals surface area contributed by atoms with Gasteiger partial charge in [0.1, 0.15) is 4.90 Å². The topological polar surface area (TPSA) is 57.7 Å². The third kappa shape index (κ3) is 4.15. The molecule has 1 amide bonds. The predicted molar refractivity (Wildman–Crippen MR) is 109 cm³/mol. The smallest absolute Gasteiger partial charge is 0.246 e. The molecule has 0 radical (unpaired) electrons. The maximum Gasteiger partial charge on any atom is 0.246 e. The summed E-state index contributed by atoms with van der Waals surface area (Å²) in [5, 5.41) is 2.10. The molecule has 0 spiro atoms. The van der Waals surface area contributed by atoms with Gasteiger partial charge in [-0.1, -0.05) is 42.5 Å². The van der Waals surface area contributed by atoms with Gasteiger partial charge in [-0.15, -0.1) is 0 Å². The van der Waals surface area contributed by atoms with E-state index in [0.717, 1.165) is 20.6 Å². The highest BCUT2D eigenvalue weighted by atomic mass is 32.2. The zero-order valence-electron chi connectivity index (χ0n) is 16.4. The highest BCUT2D eigenvalue weighted by Gasteiger charge is 2.33. The SMILES string of the molecule is O=C(Cc1ccc2ccccc2c1)N1CCN(S(=O)(=O)c2ccc(F)c(F)c2F)CC1. The van der Waals surface area contributed by atoms with E-state index in [4.69, 9.17) is 0 Å². The van der Waals surface area contributed by atoms with Crippen molar-refractivity contribution >= 4 is 26.7 Å². The third-order valence-corrected chi connectivity index (χ3v) is 7.29. The Bertz CT molecular complexity index is 1260. The van der Waals surface area contributed by atoms with Crippen LogP contribution in [0.1, 0.15) is 5.56 Å². The monoisotopic (exact) mass is 448 g/mol. The number of carbonyl (C=O) groups is 1. The van der Waals surface area contributed by atoms with Crippen LogP contribution in [0.25, 0.3) is 10.8 Å². The molecule has 0 N–H and O–H groups in total. The van der Waals surface area contributed by atoms with Crippen LogP contribution in [0.2, 0.25) is 0 Å². The van der Waals surface area contributed by atoms with E-state index in [0.29, 0.717) is 12.1 Å². The van der Waals surface area contributed by atoms with Gasteiger partial charge in [0, 0.05) is 26.2 Å². The van der Waals surface area contributed by atoms with E-state index in [1.807, 2.05) is 42.5 Å². The molecule has 1 saturated heterocycles. The molecule has 1 heterocycles.